The molecule has 136 valence electrons. The molecule has 2 atom stereocenters. The lowest BCUT2D eigenvalue weighted by Crippen LogP contribution is -2.33. The van der Waals surface area contributed by atoms with E-state index in [0.717, 1.165) is 11.1 Å². The van der Waals surface area contributed by atoms with Crippen molar-refractivity contribution in [2.75, 3.05) is 18.0 Å². The number of anilines is 1. The van der Waals surface area contributed by atoms with Gasteiger partial charge >= 0.3 is 12.1 Å². The minimum Gasteiger partial charge on any atom is -0.481 e. The third kappa shape index (κ3) is 2.94. The van der Waals surface area contributed by atoms with Crippen LogP contribution in [0.1, 0.15) is 16.7 Å². The van der Waals surface area contributed by atoms with Crippen LogP contribution in [-0.2, 0) is 4.79 Å². The molecule has 0 radical (unpaired) electrons. The number of halogens is 3. The summed E-state index contributed by atoms with van der Waals surface area (Å²) in [6.07, 6.45) is -3.30. The van der Waals surface area contributed by atoms with Crippen LogP contribution in [0, 0.1) is 37.0 Å². The first-order valence-electron chi connectivity index (χ1n) is 7.98. The molecule has 5 nitrogen and oxygen atoms in total. The molecule has 0 saturated carbocycles. The third-order valence-electron chi connectivity index (χ3n) is 4.77. The molecule has 2 heterocycles. The summed E-state index contributed by atoms with van der Waals surface area (Å²) < 4.78 is 40.0. The predicted molar refractivity (Wildman–Crippen MR) is 88.8 cm³/mol. The predicted octanol–water partition coefficient (Wildman–Crippen LogP) is 3.42. The van der Waals surface area contributed by atoms with Crippen LogP contribution in [0.5, 0.6) is 0 Å². The Labute approximate surface area is 147 Å². The minimum atomic E-state index is -4.63. The van der Waals surface area contributed by atoms with Crippen molar-refractivity contribution in [3.8, 4) is 6.07 Å². The van der Waals surface area contributed by atoms with Gasteiger partial charge in [-0.25, -0.2) is 0 Å². The second-order valence-corrected chi connectivity index (χ2v) is 6.61. The topological polar surface area (TPSA) is 77.2 Å². The van der Waals surface area contributed by atoms with Gasteiger partial charge in [0.15, 0.2) is 0 Å². The summed E-state index contributed by atoms with van der Waals surface area (Å²) in [6.45, 7) is 2.88. The van der Waals surface area contributed by atoms with Gasteiger partial charge in [0, 0.05) is 24.7 Å². The highest BCUT2D eigenvalue weighted by molar-refractivity contribution is 5.97. The number of aromatic nitrogens is 1. The Morgan fingerprint density at radius 2 is 2.04 bits per heavy atom. The van der Waals surface area contributed by atoms with Crippen LogP contribution in [0.15, 0.2) is 18.3 Å². The molecular weight excluding hydrogens is 347 g/mol. The number of hydrogen-bond acceptors (Lipinski definition) is 4. The molecule has 1 aromatic heterocycles. The SMILES string of the molecule is Cc1cc(C)c2ncc(C#N)c(N3C[C@@H](C(F)(F)F)[C@H](C(=O)O)C3)c2c1. The maximum absolute atomic E-state index is 13.3. The number of carboxylic acid groups (broad SMARTS) is 1. The van der Waals surface area contributed by atoms with Crippen LogP contribution in [0.2, 0.25) is 0 Å². The van der Waals surface area contributed by atoms with Crippen LogP contribution in [-0.4, -0.2) is 35.3 Å². The number of pyridine rings is 1. The van der Waals surface area contributed by atoms with Crippen molar-refractivity contribution in [2.24, 2.45) is 11.8 Å². The van der Waals surface area contributed by atoms with Gasteiger partial charge in [-0.2, -0.15) is 18.4 Å². The molecule has 1 N–H and O–H groups in total. The molecule has 0 bridgehead atoms. The molecule has 0 spiro atoms. The van der Waals surface area contributed by atoms with E-state index in [2.05, 4.69) is 4.98 Å². The van der Waals surface area contributed by atoms with Gasteiger partial charge in [0.25, 0.3) is 0 Å². The number of benzene rings is 1. The zero-order chi connectivity index (χ0) is 19.2. The number of aryl methyl sites for hydroxylation is 2. The van der Waals surface area contributed by atoms with E-state index in [1.54, 1.807) is 6.07 Å². The molecule has 0 aliphatic carbocycles. The Bertz CT molecular complexity index is 934. The summed E-state index contributed by atoms with van der Waals surface area (Å²) in [5.41, 5.74) is 2.77. The summed E-state index contributed by atoms with van der Waals surface area (Å²) in [5.74, 6) is -5.05. The Balaban J connectivity index is 2.19. The van der Waals surface area contributed by atoms with E-state index in [4.69, 9.17) is 0 Å². The number of fused-ring (bicyclic) bond motifs is 1. The van der Waals surface area contributed by atoms with Crippen molar-refractivity contribution in [1.29, 1.82) is 5.26 Å². The van der Waals surface area contributed by atoms with Crippen LogP contribution in [0.3, 0.4) is 0 Å². The molecule has 1 aliphatic rings. The first-order valence-corrected chi connectivity index (χ1v) is 7.98. The standard InChI is InChI=1S/C18H16F3N3O2/c1-9-3-10(2)15-12(4-9)16(11(5-22)6-23-15)24-7-13(17(25)26)14(8-24)18(19,20)21/h3-4,6,13-14H,7-8H2,1-2H3,(H,25,26)/t13-,14-/m1/s1. The first-order chi connectivity index (χ1) is 12.1. The van der Waals surface area contributed by atoms with E-state index >= 15 is 0 Å². The molecule has 1 fully saturated rings. The van der Waals surface area contributed by atoms with Crippen molar-refractivity contribution >= 4 is 22.6 Å². The zero-order valence-corrected chi connectivity index (χ0v) is 14.1. The molecule has 1 aromatic carbocycles. The summed E-state index contributed by atoms with van der Waals surface area (Å²) in [7, 11) is 0. The van der Waals surface area contributed by atoms with Crippen LogP contribution in [0.4, 0.5) is 18.9 Å². The lowest BCUT2D eigenvalue weighted by molar-refractivity contribution is -0.187. The number of alkyl halides is 3. The molecule has 1 saturated heterocycles. The largest absolute Gasteiger partial charge is 0.481 e. The van der Waals surface area contributed by atoms with Gasteiger partial charge in [-0.05, 0) is 25.5 Å². The minimum absolute atomic E-state index is 0.134. The molecular formula is C18H16F3N3O2. The number of nitriles is 1. The highest BCUT2D eigenvalue weighted by Gasteiger charge is 2.53. The van der Waals surface area contributed by atoms with Crippen molar-refractivity contribution in [3.05, 3.63) is 35.0 Å². The summed E-state index contributed by atoms with van der Waals surface area (Å²) in [4.78, 5) is 17.0. The fourth-order valence-corrected chi connectivity index (χ4v) is 3.64. The van der Waals surface area contributed by atoms with E-state index in [-0.39, 0.29) is 12.1 Å². The monoisotopic (exact) mass is 363 g/mol. The molecule has 1 aliphatic heterocycles. The molecule has 0 amide bonds. The van der Waals surface area contributed by atoms with E-state index < -0.39 is 30.5 Å². The van der Waals surface area contributed by atoms with Crippen molar-refractivity contribution in [2.45, 2.75) is 20.0 Å². The van der Waals surface area contributed by atoms with Gasteiger partial charge in [0.1, 0.15) is 6.07 Å². The molecule has 2 aromatic rings. The number of nitrogens with zero attached hydrogens (tertiary/aromatic N) is 3. The van der Waals surface area contributed by atoms with Crippen molar-refractivity contribution in [1.82, 2.24) is 4.98 Å². The second kappa shape index (κ2) is 6.16. The molecule has 8 heteroatoms. The van der Waals surface area contributed by atoms with Crippen LogP contribution in [0.25, 0.3) is 10.9 Å². The molecule has 3 rings (SSSR count). The summed E-state index contributed by atoms with van der Waals surface area (Å²) in [5, 5.41) is 19.2. The average molecular weight is 363 g/mol. The van der Waals surface area contributed by atoms with E-state index in [1.165, 1.54) is 11.1 Å². The van der Waals surface area contributed by atoms with Gasteiger partial charge in [-0.15, -0.1) is 0 Å². The Kier molecular flexibility index (Phi) is 4.26. The van der Waals surface area contributed by atoms with Crippen molar-refractivity contribution in [3.63, 3.8) is 0 Å². The number of aliphatic carboxylic acids is 1. The van der Waals surface area contributed by atoms with Gasteiger partial charge in [-0.3, -0.25) is 9.78 Å². The highest BCUT2D eigenvalue weighted by Crippen LogP contribution is 2.42. The lowest BCUT2D eigenvalue weighted by Gasteiger charge is -2.23. The second-order valence-electron chi connectivity index (χ2n) is 6.61. The lowest BCUT2D eigenvalue weighted by atomic mass is 9.96. The normalized spacial score (nSPS) is 20.4. The maximum atomic E-state index is 13.3. The van der Waals surface area contributed by atoms with Crippen molar-refractivity contribution < 1.29 is 23.1 Å². The van der Waals surface area contributed by atoms with E-state index in [0.29, 0.717) is 16.6 Å². The van der Waals surface area contributed by atoms with Gasteiger partial charge in [0.2, 0.25) is 0 Å². The fourth-order valence-electron chi connectivity index (χ4n) is 3.64. The van der Waals surface area contributed by atoms with E-state index in [1.807, 2.05) is 26.0 Å². The number of rotatable bonds is 2. The summed E-state index contributed by atoms with van der Waals surface area (Å²) >= 11 is 0. The summed E-state index contributed by atoms with van der Waals surface area (Å²) in [6, 6.07) is 5.63. The van der Waals surface area contributed by atoms with Gasteiger partial charge in [0.05, 0.1) is 28.6 Å². The van der Waals surface area contributed by atoms with Crippen LogP contribution >= 0.6 is 0 Å². The first kappa shape index (κ1) is 18.0. The maximum Gasteiger partial charge on any atom is 0.394 e. The zero-order valence-electron chi connectivity index (χ0n) is 14.1. The average Bonchev–Trinajstić information content (AvgIpc) is 2.99. The molecule has 0 unspecified atom stereocenters. The van der Waals surface area contributed by atoms with Gasteiger partial charge < -0.3 is 10.0 Å². The Hall–Kier alpha value is -2.82. The fraction of sp³-hybridized carbons (Fsp3) is 0.389. The quantitative estimate of drug-likeness (QED) is 0.885. The Morgan fingerprint density at radius 3 is 2.58 bits per heavy atom. The van der Waals surface area contributed by atoms with Crippen LogP contribution < -0.4 is 4.90 Å². The third-order valence-corrected chi connectivity index (χ3v) is 4.77. The smallest absolute Gasteiger partial charge is 0.394 e. The highest BCUT2D eigenvalue weighted by atomic mass is 19.4. The number of hydrogen-bond donors (Lipinski definition) is 1. The van der Waals surface area contributed by atoms with E-state index in [9.17, 15) is 28.3 Å². The number of carbonyl (C=O) groups is 1. The number of carboxylic acids is 1. The van der Waals surface area contributed by atoms with Gasteiger partial charge in [-0.1, -0.05) is 11.6 Å². The Morgan fingerprint density at radius 1 is 1.35 bits per heavy atom. The molecule has 26 heavy (non-hydrogen) atoms.